The molecule has 3 aromatic carbocycles. The molecule has 0 amide bonds. The molecule has 0 saturated heterocycles. The van der Waals surface area contributed by atoms with Gasteiger partial charge in [-0.05, 0) is 56.6 Å². The van der Waals surface area contributed by atoms with Gasteiger partial charge in [0.2, 0.25) is 0 Å². The third-order valence-corrected chi connectivity index (χ3v) is 6.14. The molecule has 0 spiro atoms. The number of rotatable bonds is 4. The summed E-state index contributed by atoms with van der Waals surface area (Å²) in [7, 11) is 2.74. The molecular weight excluding hydrogens is 408 g/mol. The fraction of sp³-hybridized carbons (Fsp3) is 0.231. The summed E-state index contributed by atoms with van der Waals surface area (Å²) in [5, 5.41) is 0. The van der Waals surface area contributed by atoms with Crippen LogP contribution in [0.4, 0.5) is 0 Å². The Morgan fingerprint density at radius 2 is 1.00 bits per heavy atom. The van der Waals surface area contributed by atoms with Gasteiger partial charge in [-0.3, -0.25) is 0 Å². The smallest absolute Gasteiger partial charge is 0.338 e. The number of carbonyl (C=O) groups is 2. The Morgan fingerprint density at radius 3 is 1.41 bits per heavy atom. The van der Waals surface area contributed by atoms with E-state index in [0.717, 1.165) is 44.5 Å². The van der Waals surface area contributed by atoms with Crippen LogP contribution in [0, 0.1) is 0 Å². The molecule has 0 saturated carbocycles. The van der Waals surface area contributed by atoms with Crippen LogP contribution in [-0.2, 0) is 45.4 Å². The van der Waals surface area contributed by atoms with Crippen molar-refractivity contribution in [2.45, 2.75) is 26.4 Å². The van der Waals surface area contributed by atoms with Crippen molar-refractivity contribution < 1.29 is 28.5 Å². The molecule has 3 aromatic rings. The molecule has 0 fully saturated rings. The second kappa shape index (κ2) is 8.22. The predicted molar refractivity (Wildman–Crippen MR) is 117 cm³/mol. The zero-order valence-electron chi connectivity index (χ0n) is 17.9. The second-order valence-electron chi connectivity index (χ2n) is 7.72. The first-order chi connectivity index (χ1) is 15.7. The van der Waals surface area contributed by atoms with Crippen LogP contribution in [0.15, 0.2) is 48.5 Å². The molecule has 162 valence electrons. The van der Waals surface area contributed by atoms with Crippen LogP contribution >= 0.6 is 0 Å². The Balaban J connectivity index is 1.91. The number of fused-ring (bicyclic) bond motifs is 3. The van der Waals surface area contributed by atoms with Crippen LogP contribution in [0.5, 0.6) is 0 Å². The number of benzene rings is 3. The average Bonchev–Trinajstić information content (AvgIpc) is 3.51. The number of hydrogen-bond donors (Lipinski definition) is 0. The van der Waals surface area contributed by atoms with E-state index in [4.69, 9.17) is 18.9 Å². The summed E-state index contributed by atoms with van der Waals surface area (Å²) in [6, 6.07) is 14.7. The summed E-state index contributed by atoms with van der Waals surface area (Å²) in [5.74, 6) is -0.838. The molecule has 0 unspecified atom stereocenters. The minimum absolute atomic E-state index is 0.418. The predicted octanol–water partition coefficient (Wildman–Crippen LogP) is 4.65. The summed E-state index contributed by atoms with van der Waals surface area (Å²) >= 11 is 0. The fourth-order valence-electron chi connectivity index (χ4n) is 4.72. The molecule has 2 aliphatic rings. The first kappa shape index (κ1) is 20.4. The van der Waals surface area contributed by atoms with E-state index < -0.39 is 11.9 Å². The molecule has 2 aliphatic heterocycles. The molecule has 32 heavy (non-hydrogen) atoms. The Labute approximate surface area is 185 Å². The van der Waals surface area contributed by atoms with Gasteiger partial charge in [0.15, 0.2) is 0 Å². The van der Waals surface area contributed by atoms with Crippen molar-refractivity contribution in [2.75, 3.05) is 14.2 Å². The lowest BCUT2D eigenvalue weighted by molar-refractivity contribution is 0.0592. The first-order valence-corrected chi connectivity index (χ1v) is 10.4. The maximum absolute atomic E-state index is 12.7. The van der Waals surface area contributed by atoms with Gasteiger partial charge in [-0.25, -0.2) is 9.59 Å². The summed E-state index contributed by atoms with van der Waals surface area (Å²) in [6.45, 7) is 1.82. The lowest BCUT2D eigenvalue weighted by Crippen LogP contribution is -2.09. The van der Waals surface area contributed by atoms with Crippen LogP contribution in [0.1, 0.15) is 43.0 Å². The van der Waals surface area contributed by atoms with E-state index in [9.17, 15) is 9.59 Å². The Kier molecular flexibility index (Phi) is 5.25. The normalized spacial score (nSPS) is 14.1. The van der Waals surface area contributed by atoms with Gasteiger partial charge in [-0.2, -0.15) is 0 Å². The van der Waals surface area contributed by atoms with Gasteiger partial charge < -0.3 is 18.9 Å². The van der Waals surface area contributed by atoms with Crippen molar-refractivity contribution >= 4 is 11.9 Å². The van der Waals surface area contributed by atoms with Crippen molar-refractivity contribution in [1.82, 2.24) is 0 Å². The summed E-state index contributed by atoms with van der Waals surface area (Å²) in [4.78, 5) is 25.3. The third-order valence-electron chi connectivity index (χ3n) is 6.14. The molecule has 0 atom stereocenters. The molecular formula is C26H22O6. The molecule has 6 heteroatoms. The largest absolute Gasteiger partial charge is 0.465 e. The topological polar surface area (TPSA) is 71.1 Å². The highest BCUT2D eigenvalue weighted by Gasteiger charge is 2.33. The Morgan fingerprint density at radius 1 is 0.625 bits per heavy atom. The lowest BCUT2D eigenvalue weighted by atomic mass is 9.80. The van der Waals surface area contributed by atoms with E-state index in [1.807, 2.05) is 36.4 Å². The van der Waals surface area contributed by atoms with Crippen molar-refractivity contribution in [3.05, 3.63) is 81.9 Å². The van der Waals surface area contributed by atoms with E-state index in [2.05, 4.69) is 0 Å². The van der Waals surface area contributed by atoms with E-state index in [1.54, 1.807) is 12.1 Å². The van der Waals surface area contributed by atoms with Crippen LogP contribution in [0.25, 0.3) is 22.3 Å². The van der Waals surface area contributed by atoms with Crippen LogP contribution < -0.4 is 0 Å². The van der Waals surface area contributed by atoms with E-state index in [1.165, 1.54) is 14.2 Å². The highest BCUT2D eigenvalue weighted by molar-refractivity contribution is 6.05. The van der Waals surface area contributed by atoms with Crippen LogP contribution in [0.2, 0.25) is 0 Å². The lowest BCUT2D eigenvalue weighted by Gasteiger charge is -2.22. The molecule has 0 N–H and O–H groups in total. The highest BCUT2D eigenvalue weighted by atomic mass is 16.5. The summed E-state index contributed by atoms with van der Waals surface area (Å²) in [5.41, 5.74) is 8.38. The first-order valence-electron chi connectivity index (χ1n) is 10.4. The quantitative estimate of drug-likeness (QED) is 0.561. The zero-order valence-corrected chi connectivity index (χ0v) is 17.9. The van der Waals surface area contributed by atoms with Crippen molar-refractivity contribution in [3.8, 4) is 22.3 Å². The third kappa shape index (κ3) is 3.11. The highest BCUT2D eigenvalue weighted by Crippen LogP contribution is 2.48. The van der Waals surface area contributed by atoms with Crippen LogP contribution in [0.3, 0.4) is 0 Å². The number of carbonyl (C=O) groups excluding carboxylic acids is 2. The number of hydrogen-bond acceptors (Lipinski definition) is 6. The molecule has 2 heterocycles. The standard InChI is InChI=1S/C26H22O6/c1-29-25(27)17-9-5-3-7-15(17)23-21-13-31-11-19(21)20-12-32-14-22(20)24(23)16-8-4-6-10-18(16)26(28)30-2/h3-10H,11-14H2,1-2H3. The van der Waals surface area contributed by atoms with Crippen molar-refractivity contribution in [3.63, 3.8) is 0 Å². The van der Waals surface area contributed by atoms with E-state index in [0.29, 0.717) is 37.6 Å². The van der Waals surface area contributed by atoms with Crippen molar-refractivity contribution in [2.24, 2.45) is 0 Å². The van der Waals surface area contributed by atoms with E-state index in [-0.39, 0.29) is 0 Å². The van der Waals surface area contributed by atoms with Gasteiger partial charge >= 0.3 is 11.9 Å². The van der Waals surface area contributed by atoms with Gasteiger partial charge in [0.05, 0.1) is 51.8 Å². The maximum Gasteiger partial charge on any atom is 0.338 e. The number of esters is 2. The van der Waals surface area contributed by atoms with Gasteiger partial charge in [-0.15, -0.1) is 0 Å². The molecule has 0 bridgehead atoms. The second-order valence-corrected chi connectivity index (χ2v) is 7.72. The molecule has 0 radical (unpaired) electrons. The Hall–Kier alpha value is -3.48. The molecule has 5 rings (SSSR count). The zero-order chi connectivity index (χ0) is 22.2. The van der Waals surface area contributed by atoms with Gasteiger partial charge in [-0.1, -0.05) is 36.4 Å². The van der Waals surface area contributed by atoms with E-state index >= 15 is 0 Å². The van der Waals surface area contributed by atoms with Crippen molar-refractivity contribution in [1.29, 1.82) is 0 Å². The fourth-order valence-corrected chi connectivity index (χ4v) is 4.72. The van der Waals surface area contributed by atoms with Crippen LogP contribution in [-0.4, -0.2) is 26.2 Å². The minimum Gasteiger partial charge on any atom is -0.465 e. The summed E-state index contributed by atoms with van der Waals surface area (Å²) in [6.07, 6.45) is 0. The SMILES string of the molecule is COC(=O)c1ccccc1-c1c2c(c3c(c1-c1ccccc1C(=O)OC)COC3)COC2. The monoisotopic (exact) mass is 430 g/mol. The number of ether oxygens (including phenoxy) is 4. The Bertz CT molecular complexity index is 1150. The molecule has 0 aromatic heterocycles. The molecule has 0 aliphatic carbocycles. The van der Waals surface area contributed by atoms with Gasteiger partial charge in [0.1, 0.15) is 0 Å². The maximum atomic E-state index is 12.7. The van der Waals surface area contributed by atoms with Gasteiger partial charge in [0, 0.05) is 0 Å². The van der Waals surface area contributed by atoms with Gasteiger partial charge in [0.25, 0.3) is 0 Å². The number of methoxy groups -OCH3 is 2. The average molecular weight is 430 g/mol. The minimum atomic E-state index is -0.419. The summed E-state index contributed by atoms with van der Waals surface area (Å²) < 4.78 is 21.8. The molecule has 6 nitrogen and oxygen atoms in total.